The van der Waals surface area contributed by atoms with Gasteiger partial charge >= 0.3 is 6.09 Å². The van der Waals surface area contributed by atoms with Crippen LogP contribution < -0.4 is 4.74 Å². The standard InChI is InChI=1S/C24H30BrNO4/c1-24(2,3)30-23(27)26(21-9-11-28-12-10-21)16-19-13-20(25)15-22(14-19)29-17-18-7-5-4-6-8-18/h4-8,13-15,21H,9-12,16-17H2,1-3H3. The Labute approximate surface area is 187 Å². The Bertz CT molecular complexity index is 829. The highest BCUT2D eigenvalue weighted by atomic mass is 79.9. The van der Waals surface area contributed by atoms with E-state index < -0.39 is 5.60 Å². The third kappa shape index (κ3) is 7.03. The molecule has 0 N–H and O–H groups in total. The van der Waals surface area contributed by atoms with Crippen LogP contribution in [0, 0.1) is 0 Å². The molecule has 1 saturated heterocycles. The molecule has 1 aliphatic rings. The van der Waals surface area contributed by atoms with Crippen LogP contribution in [-0.4, -0.2) is 35.8 Å². The number of rotatable bonds is 6. The van der Waals surface area contributed by atoms with E-state index >= 15 is 0 Å². The van der Waals surface area contributed by atoms with Gasteiger partial charge in [0.2, 0.25) is 0 Å². The minimum atomic E-state index is -0.540. The molecule has 0 saturated carbocycles. The molecule has 0 radical (unpaired) electrons. The van der Waals surface area contributed by atoms with Crippen LogP contribution in [0.15, 0.2) is 53.0 Å². The number of carbonyl (C=O) groups excluding carboxylic acids is 1. The summed E-state index contributed by atoms with van der Waals surface area (Å²) in [6, 6.07) is 16.1. The van der Waals surface area contributed by atoms with E-state index in [-0.39, 0.29) is 12.1 Å². The van der Waals surface area contributed by atoms with Crippen molar-refractivity contribution in [2.75, 3.05) is 13.2 Å². The molecule has 162 valence electrons. The predicted molar refractivity (Wildman–Crippen MR) is 121 cm³/mol. The Balaban J connectivity index is 1.75. The minimum Gasteiger partial charge on any atom is -0.489 e. The quantitative estimate of drug-likeness (QED) is 0.518. The monoisotopic (exact) mass is 475 g/mol. The lowest BCUT2D eigenvalue weighted by atomic mass is 10.1. The zero-order valence-corrected chi connectivity index (χ0v) is 19.5. The van der Waals surface area contributed by atoms with Gasteiger partial charge in [-0.1, -0.05) is 46.3 Å². The summed E-state index contributed by atoms with van der Waals surface area (Å²) in [7, 11) is 0. The fourth-order valence-corrected chi connectivity index (χ4v) is 3.91. The van der Waals surface area contributed by atoms with Crippen molar-refractivity contribution in [3.8, 4) is 5.75 Å². The maximum Gasteiger partial charge on any atom is 0.410 e. The first-order valence-corrected chi connectivity index (χ1v) is 11.1. The molecule has 1 fully saturated rings. The van der Waals surface area contributed by atoms with E-state index in [2.05, 4.69) is 15.9 Å². The van der Waals surface area contributed by atoms with E-state index in [0.717, 1.165) is 34.2 Å². The number of nitrogens with zero attached hydrogens (tertiary/aromatic N) is 1. The van der Waals surface area contributed by atoms with Gasteiger partial charge in [-0.15, -0.1) is 0 Å². The van der Waals surface area contributed by atoms with Gasteiger partial charge in [-0.25, -0.2) is 4.79 Å². The molecule has 1 heterocycles. The van der Waals surface area contributed by atoms with Crippen LogP contribution in [0.25, 0.3) is 0 Å². The molecular weight excluding hydrogens is 446 g/mol. The number of benzene rings is 2. The van der Waals surface area contributed by atoms with Gasteiger partial charge in [-0.3, -0.25) is 0 Å². The predicted octanol–water partition coefficient (Wildman–Crippen LogP) is 5.94. The Hall–Kier alpha value is -2.05. The van der Waals surface area contributed by atoms with Gasteiger partial charge in [-0.05, 0) is 62.9 Å². The van der Waals surface area contributed by atoms with E-state index in [9.17, 15) is 4.79 Å². The van der Waals surface area contributed by atoms with Crippen LogP contribution in [0.5, 0.6) is 5.75 Å². The molecule has 5 nitrogen and oxygen atoms in total. The second-order valence-electron chi connectivity index (χ2n) is 8.52. The lowest BCUT2D eigenvalue weighted by Crippen LogP contribution is -2.45. The lowest BCUT2D eigenvalue weighted by Gasteiger charge is -2.35. The van der Waals surface area contributed by atoms with Crippen molar-refractivity contribution in [1.82, 2.24) is 4.90 Å². The number of ether oxygens (including phenoxy) is 3. The van der Waals surface area contributed by atoms with Gasteiger partial charge in [-0.2, -0.15) is 0 Å². The fraction of sp³-hybridized carbons (Fsp3) is 0.458. The highest BCUT2D eigenvalue weighted by molar-refractivity contribution is 9.10. The summed E-state index contributed by atoms with van der Waals surface area (Å²) in [4.78, 5) is 14.8. The lowest BCUT2D eigenvalue weighted by molar-refractivity contribution is -0.00811. The first-order chi connectivity index (χ1) is 14.3. The van der Waals surface area contributed by atoms with Gasteiger partial charge in [0.15, 0.2) is 0 Å². The summed E-state index contributed by atoms with van der Waals surface area (Å²) >= 11 is 3.58. The molecule has 0 bridgehead atoms. The largest absolute Gasteiger partial charge is 0.489 e. The molecule has 0 aliphatic carbocycles. The van der Waals surface area contributed by atoms with Crippen LogP contribution in [-0.2, 0) is 22.6 Å². The van der Waals surface area contributed by atoms with E-state index in [1.165, 1.54) is 0 Å². The molecule has 0 atom stereocenters. The summed E-state index contributed by atoms with van der Waals surface area (Å²) in [5.41, 5.74) is 1.56. The molecule has 2 aromatic carbocycles. The second kappa shape index (κ2) is 10.3. The van der Waals surface area contributed by atoms with Crippen molar-refractivity contribution in [3.63, 3.8) is 0 Å². The number of hydrogen-bond donors (Lipinski definition) is 0. The molecule has 0 unspecified atom stereocenters. The van der Waals surface area contributed by atoms with E-state index in [4.69, 9.17) is 14.2 Å². The molecule has 0 spiro atoms. The molecule has 2 aromatic rings. The van der Waals surface area contributed by atoms with Crippen molar-refractivity contribution >= 4 is 22.0 Å². The fourth-order valence-electron chi connectivity index (χ4n) is 3.39. The van der Waals surface area contributed by atoms with Crippen LogP contribution in [0.3, 0.4) is 0 Å². The summed E-state index contributed by atoms with van der Waals surface area (Å²) < 4.78 is 18.1. The third-order valence-corrected chi connectivity index (χ3v) is 5.25. The topological polar surface area (TPSA) is 48.0 Å². The van der Waals surface area contributed by atoms with E-state index in [1.807, 2.05) is 74.2 Å². The average Bonchev–Trinajstić information content (AvgIpc) is 2.70. The molecule has 1 amide bonds. The summed E-state index contributed by atoms with van der Waals surface area (Å²) in [6.07, 6.45) is 1.33. The normalized spacial score (nSPS) is 14.9. The summed E-state index contributed by atoms with van der Waals surface area (Å²) in [5.74, 6) is 0.763. The Morgan fingerprint density at radius 2 is 1.80 bits per heavy atom. The van der Waals surface area contributed by atoms with Gasteiger partial charge in [0.05, 0.1) is 0 Å². The maximum absolute atomic E-state index is 13.0. The van der Waals surface area contributed by atoms with Crippen molar-refractivity contribution < 1.29 is 19.0 Å². The summed E-state index contributed by atoms with van der Waals surface area (Å²) in [6.45, 7) is 7.94. The van der Waals surface area contributed by atoms with Crippen molar-refractivity contribution in [2.24, 2.45) is 0 Å². The Kier molecular flexibility index (Phi) is 7.78. The van der Waals surface area contributed by atoms with Gasteiger partial charge in [0.1, 0.15) is 18.0 Å². The van der Waals surface area contributed by atoms with E-state index in [0.29, 0.717) is 26.4 Å². The molecule has 1 aliphatic heterocycles. The first-order valence-electron chi connectivity index (χ1n) is 10.3. The van der Waals surface area contributed by atoms with Crippen molar-refractivity contribution in [1.29, 1.82) is 0 Å². The van der Waals surface area contributed by atoms with Gasteiger partial charge < -0.3 is 19.1 Å². The highest BCUT2D eigenvalue weighted by Gasteiger charge is 2.30. The van der Waals surface area contributed by atoms with Crippen molar-refractivity contribution in [3.05, 3.63) is 64.1 Å². The maximum atomic E-state index is 13.0. The van der Waals surface area contributed by atoms with Gasteiger partial charge in [0.25, 0.3) is 0 Å². The third-order valence-electron chi connectivity index (χ3n) is 4.79. The number of halogens is 1. The van der Waals surface area contributed by atoms with Crippen LogP contribution in [0.2, 0.25) is 0 Å². The Morgan fingerprint density at radius 1 is 1.10 bits per heavy atom. The van der Waals surface area contributed by atoms with Crippen LogP contribution in [0.4, 0.5) is 4.79 Å². The zero-order valence-electron chi connectivity index (χ0n) is 17.9. The molecule has 0 aromatic heterocycles. The van der Waals surface area contributed by atoms with Gasteiger partial charge in [0, 0.05) is 30.3 Å². The number of amides is 1. The minimum absolute atomic E-state index is 0.0984. The second-order valence-corrected chi connectivity index (χ2v) is 9.44. The molecular formula is C24H30BrNO4. The highest BCUT2D eigenvalue weighted by Crippen LogP contribution is 2.26. The molecule has 30 heavy (non-hydrogen) atoms. The average molecular weight is 476 g/mol. The molecule has 3 rings (SSSR count). The first kappa shape index (κ1) is 22.6. The Morgan fingerprint density at radius 3 is 2.47 bits per heavy atom. The van der Waals surface area contributed by atoms with Crippen LogP contribution >= 0.6 is 15.9 Å². The zero-order chi connectivity index (χ0) is 21.6. The summed E-state index contributed by atoms with van der Waals surface area (Å²) in [5, 5.41) is 0. The number of carbonyl (C=O) groups is 1. The molecule has 6 heteroatoms. The number of hydrogen-bond acceptors (Lipinski definition) is 4. The van der Waals surface area contributed by atoms with Crippen LogP contribution in [0.1, 0.15) is 44.7 Å². The van der Waals surface area contributed by atoms with Crippen molar-refractivity contribution in [2.45, 2.75) is 58.4 Å². The smallest absolute Gasteiger partial charge is 0.410 e. The SMILES string of the molecule is CC(C)(C)OC(=O)N(Cc1cc(Br)cc(OCc2ccccc2)c1)C1CCOCC1. The van der Waals surface area contributed by atoms with E-state index in [1.54, 1.807) is 0 Å².